The van der Waals surface area contributed by atoms with Crippen molar-refractivity contribution < 1.29 is 14.6 Å². The van der Waals surface area contributed by atoms with Crippen LogP contribution >= 0.6 is 0 Å². The first kappa shape index (κ1) is 17.3. The molecule has 27 heavy (non-hydrogen) atoms. The number of nitrogens with one attached hydrogen (secondary N) is 3. The summed E-state index contributed by atoms with van der Waals surface area (Å²) in [5.41, 5.74) is 0.682. The van der Waals surface area contributed by atoms with Gasteiger partial charge in [0.15, 0.2) is 0 Å². The maximum absolute atomic E-state index is 12.5. The molecule has 2 aromatic heterocycles. The second-order valence-electron chi connectivity index (χ2n) is 6.62. The lowest BCUT2D eigenvalue weighted by atomic mass is 10.00. The van der Waals surface area contributed by atoms with Gasteiger partial charge in [0.1, 0.15) is 5.82 Å². The van der Waals surface area contributed by atoms with E-state index in [-0.39, 0.29) is 0 Å². The van der Waals surface area contributed by atoms with Crippen LogP contribution in [-0.2, 0) is 0 Å². The minimum absolute atomic E-state index is 0.376. The molecule has 140 valence electrons. The molecular formula is C19H21N5O3. The molecule has 1 fully saturated rings. The Labute approximate surface area is 156 Å². The summed E-state index contributed by atoms with van der Waals surface area (Å²) in [5, 5.41) is 23.8. The van der Waals surface area contributed by atoms with E-state index in [2.05, 4.69) is 25.8 Å². The molecule has 2 heterocycles. The smallest absolute Gasteiger partial charge is 0.320 e. The van der Waals surface area contributed by atoms with Gasteiger partial charge in [-0.15, -0.1) is 5.10 Å². The Balaban J connectivity index is 1.49. The summed E-state index contributed by atoms with van der Waals surface area (Å²) in [6.45, 7) is 2.39. The second kappa shape index (κ2) is 6.88. The molecule has 0 spiro atoms. The topological polar surface area (TPSA) is 112 Å². The minimum Gasteiger partial charge on any atom is -0.476 e. The summed E-state index contributed by atoms with van der Waals surface area (Å²) in [7, 11) is 0. The van der Waals surface area contributed by atoms with Crippen LogP contribution in [0.2, 0.25) is 0 Å². The second-order valence-corrected chi connectivity index (χ2v) is 6.62. The molecule has 4 N–H and O–H groups in total. The molecule has 1 aromatic carbocycles. The molecule has 8 heteroatoms. The fourth-order valence-corrected chi connectivity index (χ4v) is 3.08. The number of H-pyrrole nitrogens is 1. The number of urea groups is 1. The number of nitrogens with zero attached hydrogens (tertiary/aromatic N) is 2. The van der Waals surface area contributed by atoms with Crippen LogP contribution in [0.3, 0.4) is 0 Å². The van der Waals surface area contributed by atoms with Crippen molar-refractivity contribution in [1.29, 1.82) is 0 Å². The zero-order valence-electron chi connectivity index (χ0n) is 14.9. The number of fused-ring (bicyclic) bond motifs is 1. The first-order chi connectivity index (χ1) is 13.1. The number of carbonyl (C=O) groups excluding carboxylic acids is 1. The molecule has 2 amide bonds. The molecule has 0 bridgehead atoms. The maximum Gasteiger partial charge on any atom is 0.320 e. The van der Waals surface area contributed by atoms with Crippen molar-refractivity contribution in [3.8, 4) is 5.88 Å². The van der Waals surface area contributed by atoms with Crippen LogP contribution in [0, 0.1) is 0 Å². The third-order valence-corrected chi connectivity index (χ3v) is 4.64. The molecule has 3 aromatic rings. The van der Waals surface area contributed by atoms with Crippen LogP contribution in [0.15, 0.2) is 42.6 Å². The van der Waals surface area contributed by atoms with Crippen LogP contribution < -0.4 is 15.4 Å². The summed E-state index contributed by atoms with van der Waals surface area (Å²) < 4.78 is 5.42. The summed E-state index contributed by atoms with van der Waals surface area (Å²) in [6, 6.07) is 10.2. The number of rotatable bonds is 6. The number of aromatic nitrogens is 3. The van der Waals surface area contributed by atoms with Crippen molar-refractivity contribution in [2.24, 2.45) is 0 Å². The Morgan fingerprint density at radius 3 is 2.85 bits per heavy atom. The first-order valence-corrected chi connectivity index (χ1v) is 8.91. The van der Waals surface area contributed by atoms with E-state index in [1.807, 2.05) is 37.3 Å². The molecule has 0 saturated heterocycles. The van der Waals surface area contributed by atoms with Crippen molar-refractivity contribution in [3.63, 3.8) is 0 Å². The lowest BCUT2D eigenvalue weighted by Gasteiger charge is -2.24. The highest BCUT2D eigenvalue weighted by atomic mass is 16.5. The highest BCUT2D eigenvalue weighted by molar-refractivity contribution is 5.92. The number of aliphatic hydroxyl groups is 1. The Kier molecular flexibility index (Phi) is 4.41. The van der Waals surface area contributed by atoms with Crippen molar-refractivity contribution in [2.45, 2.75) is 31.4 Å². The van der Waals surface area contributed by atoms with E-state index in [9.17, 15) is 9.90 Å². The Morgan fingerprint density at radius 2 is 2.15 bits per heavy atom. The van der Waals surface area contributed by atoms with Crippen molar-refractivity contribution in [3.05, 3.63) is 48.2 Å². The largest absolute Gasteiger partial charge is 0.476 e. The molecule has 1 unspecified atom stereocenters. The van der Waals surface area contributed by atoms with E-state index in [0.717, 1.165) is 10.9 Å². The zero-order valence-corrected chi connectivity index (χ0v) is 14.9. The van der Waals surface area contributed by atoms with Gasteiger partial charge >= 0.3 is 6.03 Å². The average Bonchev–Trinajstić information content (AvgIpc) is 3.30. The lowest BCUT2D eigenvalue weighted by Crippen LogP contribution is -2.40. The van der Waals surface area contributed by atoms with Crippen molar-refractivity contribution in [2.75, 3.05) is 11.9 Å². The molecule has 1 aliphatic rings. The van der Waals surface area contributed by atoms with Crippen LogP contribution in [0.25, 0.3) is 10.9 Å². The third kappa shape index (κ3) is 3.56. The van der Waals surface area contributed by atoms with E-state index >= 15 is 0 Å². The van der Waals surface area contributed by atoms with Crippen molar-refractivity contribution in [1.82, 2.24) is 20.5 Å². The molecule has 1 saturated carbocycles. The predicted octanol–water partition coefficient (Wildman–Crippen LogP) is 2.74. The molecule has 1 atom stereocenters. The van der Waals surface area contributed by atoms with Crippen LogP contribution in [0.5, 0.6) is 5.88 Å². The van der Waals surface area contributed by atoms with E-state index in [4.69, 9.17) is 4.74 Å². The van der Waals surface area contributed by atoms with Gasteiger partial charge in [0.05, 0.1) is 29.2 Å². The van der Waals surface area contributed by atoms with Gasteiger partial charge in [0.2, 0.25) is 5.88 Å². The summed E-state index contributed by atoms with van der Waals surface area (Å²) >= 11 is 0. The predicted molar refractivity (Wildman–Crippen MR) is 101 cm³/mol. The number of hydrogen-bond donors (Lipinski definition) is 4. The van der Waals surface area contributed by atoms with Gasteiger partial charge in [-0.2, -0.15) is 0 Å². The van der Waals surface area contributed by atoms with Gasteiger partial charge in [-0.3, -0.25) is 10.4 Å². The van der Waals surface area contributed by atoms with Crippen molar-refractivity contribution >= 4 is 22.8 Å². The number of ether oxygens (including phenoxy) is 1. The summed E-state index contributed by atoms with van der Waals surface area (Å²) in [4.78, 5) is 16.7. The molecule has 4 rings (SSSR count). The van der Waals surface area contributed by atoms with Crippen LogP contribution in [0.1, 0.15) is 31.4 Å². The van der Waals surface area contributed by atoms with Gasteiger partial charge in [-0.05, 0) is 25.3 Å². The van der Waals surface area contributed by atoms with Gasteiger partial charge < -0.3 is 15.2 Å². The SMILES string of the molecule is CCOc1n[nH]c2cc(NC(=O)NC(c3ccccc3)C3(O)CC3)ncc12. The Bertz CT molecular complexity index is 952. The van der Waals surface area contributed by atoms with Crippen LogP contribution in [0.4, 0.5) is 10.6 Å². The molecule has 8 nitrogen and oxygen atoms in total. The normalized spacial score (nSPS) is 15.9. The lowest BCUT2D eigenvalue weighted by molar-refractivity contribution is 0.106. The quantitative estimate of drug-likeness (QED) is 0.535. The van der Waals surface area contributed by atoms with Gasteiger partial charge in [-0.25, -0.2) is 9.78 Å². The standard InChI is InChI=1S/C19H21N5O3/c1-2-27-17-13-11-20-15(10-14(13)23-24-17)21-18(25)22-16(19(26)8-9-19)12-6-4-3-5-7-12/h3-7,10-11,16,26H,2,8-9H2,1H3,(H,23,24)(H2,20,21,22,25). The molecule has 0 radical (unpaired) electrons. The number of hydrogen-bond acceptors (Lipinski definition) is 5. The fourth-order valence-electron chi connectivity index (χ4n) is 3.08. The maximum atomic E-state index is 12.5. The van der Waals surface area contributed by atoms with E-state index in [0.29, 0.717) is 36.7 Å². The molecular weight excluding hydrogens is 346 g/mol. The van der Waals surface area contributed by atoms with Crippen LogP contribution in [-0.4, -0.2) is 38.5 Å². The highest BCUT2D eigenvalue weighted by Gasteiger charge is 2.49. The Morgan fingerprint density at radius 1 is 1.37 bits per heavy atom. The van der Waals surface area contributed by atoms with E-state index in [1.54, 1.807) is 12.3 Å². The molecule has 1 aliphatic carbocycles. The van der Waals surface area contributed by atoms with E-state index in [1.165, 1.54) is 0 Å². The van der Waals surface area contributed by atoms with Gasteiger partial charge in [0, 0.05) is 12.3 Å². The monoisotopic (exact) mass is 367 g/mol. The summed E-state index contributed by atoms with van der Waals surface area (Å²) in [5.74, 6) is 0.859. The average molecular weight is 367 g/mol. The fraction of sp³-hybridized carbons (Fsp3) is 0.316. The van der Waals surface area contributed by atoms with Gasteiger partial charge in [-0.1, -0.05) is 30.3 Å². The minimum atomic E-state index is -0.897. The number of amides is 2. The number of pyridine rings is 1. The van der Waals surface area contributed by atoms with E-state index < -0.39 is 17.7 Å². The third-order valence-electron chi connectivity index (χ3n) is 4.64. The summed E-state index contributed by atoms with van der Waals surface area (Å²) in [6.07, 6.45) is 2.92. The number of benzene rings is 1. The number of carbonyl (C=O) groups is 1. The zero-order chi connectivity index (χ0) is 18.9. The number of aromatic amines is 1. The first-order valence-electron chi connectivity index (χ1n) is 8.91. The highest BCUT2D eigenvalue weighted by Crippen LogP contribution is 2.45. The Hall–Kier alpha value is -3.13. The number of anilines is 1. The van der Waals surface area contributed by atoms with Gasteiger partial charge in [0.25, 0.3) is 0 Å². The molecule has 0 aliphatic heterocycles.